The van der Waals surface area contributed by atoms with E-state index in [4.69, 9.17) is 4.74 Å². The molecule has 1 fully saturated rings. The van der Waals surface area contributed by atoms with E-state index in [1.165, 1.54) is 18.7 Å². The van der Waals surface area contributed by atoms with Gasteiger partial charge >= 0.3 is 5.97 Å². The lowest BCUT2D eigenvalue weighted by Crippen LogP contribution is -2.42. The Morgan fingerprint density at radius 1 is 1.30 bits per heavy atom. The fourth-order valence-electron chi connectivity index (χ4n) is 2.93. The van der Waals surface area contributed by atoms with Crippen LogP contribution in [0.3, 0.4) is 0 Å². The molecule has 1 N–H and O–H groups in total. The third-order valence-electron chi connectivity index (χ3n) is 4.42. The van der Waals surface area contributed by atoms with Crippen LogP contribution in [0.15, 0.2) is 5.16 Å². The van der Waals surface area contributed by atoms with Crippen molar-refractivity contribution in [3.05, 3.63) is 17.0 Å². The summed E-state index contributed by atoms with van der Waals surface area (Å²) in [6, 6.07) is -0.416. The van der Waals surface area contributed by atoms with Gasteiger partial charge in [0.15, 0.2) is 21.1 Å². The Kier molecular flexibility index (Phi) is 7.21. The summed E-state index contributed by atoms with van der Waals surface area (Å²) in [7, 11) is -3.08. The average molecular weight is 416 g/mol. The van der Waals surface area contributed by atoms with E-state index in [2.05, 4.69) is 15.3 Å². The van der Waals surface area contributed by atoms with Crippen molar-refractivity contribution in [2.75, 3.05) is 17.8 Å². The highest BCUT2D eigenvalue weighted by Crippen LogP contribution is 2.17. The molecule has 1 aliphatic rings. The molecule has 1 amide bonds. The molecule has 0 unspecified atom stereocenters. The summed E-state index contributed by atoms with van der Waals surface area (Å²) in [5, 5.41) is 3.32. The van der Waals surface area contributed by atoms with Crippen LogP contribution in [0.25, 0.3) is 0 Å². The van der Waals surface area contributed by atoms with E-state index in [1.807, 2.05) is 20.1 Å². The van der Waals surface area contributed by atoms with Crippen molar-refractivity contribution in [1.29, 1.82) is 0 Å². The average Bonchev–Trinajstić information content (AvgIpc) is 2.92. The molecule has 1 aromatic rings. The number of amides is 1. The molecular weight excluding hydrogens is 390 g/mol. The molecule has 0 radical (unpaired) electrons. The first kappa shape index (κ1) is 21.6. The quantitative estimate of drug-likeness (QED) is 0.398. The zero-order valence-corrected chi connectivity index (χ0v) is 17.6. The topological polar surface area (TPSA) is 115 Å². The fraction of sp³-hybridized carbons (Fsp3) is 0.647. The number of hydrogen-bond donors (Lipinski definition) is 1. The van der Waals surface area contributed by atoms with E-state index < -0.39 is 33.9 Å². The summed E-state index contributed by atoms with van der Waals surface area (Å²) in [6.07, 6.45) is 1.86. The molecular formula is C17H25N3O5S2. The van der Waals surface area contributed by atoms with Gasteiger partial charge in [0.25, 0.3) is 5.91 Å². The maximum absolute atomic E-state index is 12.1. The number of sulfone groups is 1. The maximum Gasteiger partial charge on any atom is 0.306 e. The van der Waals surface area contributed by atoms with Gasteiger partial charge in [0.1, 0.15) is 0 Å². The maximum atomic E-state index is 12.1. The SMILES string of the molecule is CSc1nc(C)c(CCC(=O)O[C@@H](C)C(=O)N[C@@H]2CCS(=O)(=O)C2)c(C)n1. The summed E-state index contributed by atoms with van der Waals surface area (Å²) < 4.78 is 28.0. The van der Waals surface area contributed by atoms with Crippen LogP contribution in [0.4, 0.5) is 0 Å². The lowest BCUT2D eigenvalue weighted by atomic mass is 10.1. The highest BCUT2D eigenvalue weighted by atomic mass is 32.2. The van der Waals surface area contributed by atoms with Crippen molar-refractivity contribution in [2.24, 2.45) is 0 Å². The van der Waals surface area contributed by atoms with Gasteiger partial charge in [-0.1, -0.05) is 11.8 Å². The van der Waals surface area contributed by atoms with Crippen LogP contribution in [-0.4, -0.2) is 60.2 Å². The van der Waals surface area contributed by atoms with Crippen molar-refractivity contribution in [2.45, 2.75) is 57.3 Å². The van der Waals surface area contributed by atoms with Gasteiger partial charge < -0.3 is 10.1 Å². The molecule has 0 bridgehead atoms. The summed E-state index contributed by atoms with van der Waals surface area (Å²) in [4.78, 5) is 32.9. The highest BCUT2D eigenvalue weighted by molar-refractivity contribution is 7.98. The van der Waals surface area contributed by atoms with Crippen molar-refractivity contribution >= 4 is 33.5 Å². The number of thioether (sulfide) groups is 1. The minimum atomic E-state index is -3.08. The number of esters is 1. The van der Waals surface area contributed by atoms with Gasteiger partial charge in [-0.25, -0.2) is 18.4 Å². The van der Waals surface area contributed by atoms with Crippen LogP contribution < -0.4 is 5.32 Å². The normalized spacial score (nSPS) is 19.5. The van der Waals surface area contributed by atoms with Crippen LogP contribution >= 0.6 is 11.8 Å². The predicted molar refractivity (Wildman–Crippen MR) is 102 cm³/mol. The molecule has 0 aromatic carbocycles. The van der Waals surface area contributed by atoms with Gasteiger partial charge in [0.05, 0.1) is 11.5 Å². The minimum Gasteiger partial charge on any atom is -0.453 e. The Labute approximate surface area is 163 Å². The van der Waals surface area contributed by atoms with Gasteiger partial charge in [-0.05, 0) is 45.4 Å². The summed E-state index contributed by atoms with van der Waals surface area (Å²) in [5.74, 6) is -0.971. The Morgan fingerprint density at radius 2 is 1.93 bits per heavy atom. The predicted octanol–water partition coefficient (Wildman–Crippen LogP) is 0.983. The van der Waals surface area contributed by atoms with Crippen LogP contribution in [0.2, 0.25) is 0 Å². The molecule has 8 nitrogen and oxygen atoms in total. The molecule has 1 aliphatic heterocycles. The zero-order chi connectivity index (χ0) is 20.2. The third kappa shape index (κ3) is 6.17. The molecule has 10 heteroatoms. The lowest BCUT2D eigenvalue weighted by molar-refractivity contribution is -0.155. The lowest BCUT2D eigenvalue weighted by Gasteiger charge is -2.17. The molecule has 2 atom stereocenters. The number of nitrogens with one attached hydrogen (secondary N) is 1. The first-order valence-corrected chi connectivity index (χ1v) is 11.7. The Balaban J connectivity index is 1.84. The second-order valence-electron chi connectivity index (χ2n) is 6.60. The van der Waals surface area contributed by atoms with Gasteiger partial charge in [-0.3, -0.25) is 9.59 Å². The molecule has 0 saturated carbocycles. The zero-order valence-electron chi connectivity index (χ0n) is 15.9. The van der Waals surface area contributed by atoms with E-state index in [9.17, 15) is 18.0 Å². The Bertz CT molecular complexity index is 803. The smallest absolute Gasteiger partial charge is 0.306 e. The molecule has 2 heterocycles. The van der Waals surface area contributed by atoms with Crippen LogP contribution in [-0.2, 0) is 30.6 Å². The van der Waals surface area contributed by atoms with E-state index >= 15 is 0 Å². The standard InChI is InChI=1S/C17H25N3O5S2/c1-10-14(11(2)19-17(18-10)26-4)5-6-15(21)25-12(3)16(22)20-13-7-8-27(23,24)9-13/h12-13H,5-9H2,1-4H3,(H,20,22)/t12-,13+/m0/s1. The van der Waals surface area contributed by atoms with Gasteiger partial charge in [0, 0.05) is 23.9 Å². The molecule has 0 aliphatic carbocycles. The molecule has 0 spiro atoms. The van der Waals surface area contributed by atoms with E-state index in [0.29, 0.717) is 18.0 Å². The van der Waals surface area contributed by atoms with E-state index in [1.54, 1.807) is 0 Å². The van der Waals surface area contributed by atoms with Crippen LogP contribution in [0, 0.1) is 13.8 Å². The molecule has 150 valence electrons. The number of aromatic nitrogens is 2. The first-order valence-electron chi connectivity index (χ1n) is 8.69. The van der Waals surface area contributed by atoms with Gasteiger partial charge in [0.2, 0.25) is 0 Å². The number of hydrogen-bond acceptors (Lipinski definition) is 8. The fourth-order valence-corrected chi connectivity index (χ4v) is 5.06. The molecule has 1 saturated heterocycles. The molecule has 1 aromatic heterocycles. The number of rotatable bonds is 7. The Morgan fingerprint density at radius 3 is 2.44 bits per heavy atom. The summed E-state index contributed by atoms with van der Waals surface area (Å²) in [5.41, 5.74) is 2.55. The van der Waals surface area contributed by atoms with Crippen molar-refractivity contribution < 1.29 is 22.7 Å². The summed E-state index contributed by atoms with van der Waals surface area (Å²) >= 11 is 1.46. The number of ether oxygens (including phenoxy) is 1. The molecule has 2 rings (SSSR count). The Hall–Kier alpha value is -1.68. The third-order valence-corrected chi connectivity index (χ3v) is 6.73. The van der Waals surface area contributed by atoms with Crippen LogP contribution in [0.5, 0.6) is 0 Å². The number of nitrogens with zero attached hydrogens (tertiary/aromatic N) is 2. The van der Waals surface area contributed by atoms with E-state index in [0.717, 1.165) is 17.0 Å². The number of aryl methyl sites for hydroxylation is 2. The second kappa shape index (κ2) is 9.01. The number of carbonyl (C=O) groups excluding carboxylic acids is 2. The summed E-state index contributed by atoms with van der Waals surface area (Å²) in [6.45, 7) is 5.23. The van der Waals surface area contributed by atoms with Gasteiger partial charge in [-0.2, -0.15) is 0 Å². The number of carbonyl (C=O) groups is 2. The molecule has 27 heavy (non-hydrogen) atoms. The van der Waals surface area contributed by atoms with E-state index in [-0.39, 0.29) is 17.9 Å². The second-order valence-corrected chi connectivity index (χ2v) is 9.60. The van der Waals surface area contributed by atoms with Crippen molar-refractivity contribution in [3.63, 3.8) is 0 Å². The monoisotopic (exact) mass is 415 g/mol. The highest BCUT2D eigenvalue weighted by Gasteiger charge is 2.30. The minimum absolute atomic E-state index is 0.0655. The first-order chi connectivity index (χ1) is 12.6. The van der Waals surface area contributed by atoms with Crippen molar-refractivity contribution in [1.82, 2.24) is 15.3 Å². The van der Waals surface area contributed by atoms with Crippen molar-refractivity contribution in [3.8, 4) is 0 Å². The van der Waals surface area contributed by atoms with Gasteiger partial charge in [-0.15, -0.1) is 0 Å². The van der Waals surface area contributed by atoms with Crippen LogP contribution in [0.1, 0.15) is 36.7 Å². The largest absolute Gasteiger partial charge is 0.453 e.